The first-order valence-corrected chi connectivity index (χ1v) is 8.85. The van der Waals surface area contributed by atoms with Crippen LogP contribution in [0.5, 0.6) is 0 Å². The summed E-state index contributed by atoms with van der Waals surface area (Å²) in [5.41, 5.74) is 1.11. The maximum Gasteiger partial charge on any atom is 0.216 e. The average molecular weight is 501 g/mol. The summed E-state index contributed by atoms with van der Waals surface area (Å²) in [6.45, 7) is 3.90. The summed E-state index contributed by atoms with van der Waals surface area (Å²) < 4.78 is 5.29. The summed E-state index contributed by atoms with van der Waals surface area (Å²) in [7, 11) is 0. The van der Waals surface area contributed by atoms with E-state index in [4.69, 9.17) is 16.0 Å². The minimum Gasteiger partial charge on any atom is -0.461 e. The van der Waals surface area contributed by atoms with E-state index in [-0.39, 0.29) is 24.0 Å². The van der Waals surface area contributed by atoms with Crippen LogP contribution in [0.1, 0.15) is 18.3 Å². The monoisotopic (exact) mass is 500 g/mol. The Morgan fingerprint density at radius 1 is 1.22 bits per heavy atom. The van der Waals surface area contributed by atoms with Crippen LogP contribution in [0.2, 0.25) is 5.02 Å². The molecule has 0 spiro atoms. The van der Waals surface area contributed by atoms with Gasteiger partial charge in [0.1, 0.15) is 12.4 Å². The lowest BCUT2D eigenvalue weighted by Gasteiger charge is -2.11. The molecule has 0 aliphatic carbocycles. The topological polar surface area (TPSA) is 91.1 Å². The van der Waals surface area contributed by atoms with Crippen molar-refractivity contribution in [2.75, 3.05) is 13.1 Å². The van der Waals surface area contributed by atoms with Crippen molar-refractivity contribution in [1.29, 1.82) is 0 Å². The molecule has 144 valence electrons. The normalized spacial score (nSPS) is 11.1. The molecule has 0 aliphatic rings. The highest BCUT2D eigenvalue weighted by molar-refractivity contribution is 14.0. The van der Waals surface area contributed by atoms with Gasteiger partial charge in [0.15, 0.2) is 11.7 Å². The van der Waals surface area contributed by atoms with E-state index >= 15 is 0 Å². The molecule has 2 aromatic heterocycles. The fraction of sp³-hybridized carbons (Fsp3) is 0.278. The molecule has 0 fully saturated rings. The number of guanidine groups is 1. The minimum absolute atomic E-state index is 0. The van der Waals surface area contributed by atoms with E-state index in [1.165, 1.54) is 0 Å². The highest BCUT2D eigenvalue weighted by Gasteiger charge is 2.08. The molecule has 27 heavy (non-hydrogen) atoms. The zero-order valence-electron chi connectivity index (χ0n) is 14.9. The van der Waals surface area contributed by atoms with E-state index in [0.29, 0.717) is 24.0 Å². The van der Waals surface area contributed by atoms with E-state index in [9.17, 15) is 0 Å². The Hall–Kier alpha value is -2.07. The van der Waals surface area contributed by atoms with Crippen LogP contribution in [0.15, 0.2) is 52.1 Å². The number of hydrogen-bond donors (Lipinski definition) is 3. The van der Waals surface area contributed by atoms with Gasteiger partial charge in [0.2, 0.25) is 5.82 Å². The molecule has 0 saturated heterocycles. The number of nitrogens with one attached hydrogen (secondary N) is 3. The van der Waals surface area contributed by atoms with Crippen molar-refractivity contribution in [2.24, 2.45) is 4.99 Å². The number of rotatable bonds is 7. The molecular weight excluding hydrogens is 479 g/mol. The van der Waals surface area contributed by atoms with Crippen LogP contribution in [0.4, 0.5) is 0 Å². The Bertz CT molecular complexity index is 849. The predicted molar refractivity (Wildman–Crippen MR) is 117 cm³/mol. The summed E-state index contributed by atoms with van der Waals surface area (Å²) >= 11 is 6.19. The molecule has 0 saturated carbocycles. The van der Waals surface area contributed by atoms with Crippen molar-refractivity contribution in [3.63, 3.8) is 0 Å². The zero-order valence-corrected chi connectivity index (χ0v) is 18.0. The Labute approximate surface area is 180 Å². The number of nitrogens with zero attached hydrogens (tertiary/aromatic N) is 3. The fourth-order valence-electron chi connectivity index (χ4n) is 2.39. The van der Waals surface area contributed by atoms with Crippen LogP contribution in [-0.4, -0.2) is 34.2 Å². The van der Waals surface area contributed by atoms with Crippen molar-refractivity contribution in [2.45, 2.75) is 19.9 Å². The molecule has 7 nitrogen and oxygen atoms in total. The first kappa shape index (κ1) is 21.2. The van der Waals surface area contributed by atoms with Gasteiger partial charge < -0.3 is 15.1 Å². The maximum absolute atomic E-state index is 6.19. The molecule has 3 aromatic rings. The Morgan fingerprint density at radius 3 is 2.81 bits per heavy atom. The van der Waals surface area contributed by atoms with Crippen molar-refractivity contribution in [3.8, 4) is 11.6 Å². The van der Waals surface area contributed by atoms with E-state index < -0.39 is 0 Å². The van der Waals surface area contributed by atoms with E-state index in [1.807, 2.05) is 37.3 Å². The van der Waals surface area contributed by atoms with Crippen LogP contribution in [-0.2, 0) is 13.0 Å². The third-order valence-electron chi connectivity index (χ3n) is 3.65. The van der Waals surface area contributed by atoms with Gasteiger partial charge in [-0.05, 0) is 37.1 Å². The lowest BCUT2D eigenvalue weighted by molar-refractivity contribution is 0.577. The van der Waals surface area contributed by atoms with Gasteiger partial charge in [-0.25, -0.2) is 9.98 Å². The summed E-state index contributed by atoms with van der Waals surface area (Å²) in [4.78, 5) is 8.91. The van der Waals surface area contributed by atoms with E-state index in [0.717, 1.165) is 36.1 Å². The highest BCUT2D eigenvalue weighted by atomic mass is 127. The summed E-state index contributed by atoms with van der Waals surface area (Å²) in [5.74, 6) is 2.54. The predicted octanol–water partition coefficient (Wildman–Crippen LogP) is 3.63. The number of furan rings is 1. The van der Waals surface area contributed by atoms with Gasteiger partial charge in [-0.1, -0.05) is 29.8 Å². The van der Waals surface area contributed by atoms with Crippen LogP contribution < -0.4 is 10.6 Å². The van der Waals surface area contributed by atoms with Crippen LogP contribution in [0.3, 0.4) is 0 Å². The van der Waals surface area contributed by atoms with Crippen LogP contribution in [0.25, 0.3) is 11.6 Å². The molecule has 3 N–H and O–H groups in total. The molecule has 0 unspecified atom stereocenters. The average Bonchev–Trinajstić information content (AvgIpc) is 3.33. The largest absolute Gasteiger partial charge is 0.461 e. The first-order valence-electron chi connectivity index (χ1n) is 8.47. The molecule has 0 bridgehead atoms. The van der Waals surface area contributed by atoms with Gasteiger partial charge in [0, 0.05) is 18.1 Å². The number of H-pyrrole nitrogens is 1. The number of halogens is 2. The smallest absolute Gasteiger partial charge is 0.216 e. The summed E-state index contributed by atoms with van der Waals surface area (Å²) in [6.07, 6.45) is 2.41. The lowest BCUT2D eigenvalue weighted by atomic mass is 10.1. The molecule has 3 rings (SSSR count). The van der Waals surface area contributed by atoms with Gasteiger partial charge in [-0.15, -0.1) is 29.1 Å². The number of hydrogen-bond acceptors (Lipinski definition) is 4. The summed E-state index contributed by atoms with van der Waals surface area (Å²) in [5, 5.41) is 14.3. The Morgan fingerprint density at radius 2 is 2.07 bits per heavy atom. The number of aromatic amines is 1. The van der Waals surface area contributed by atoms with Gasteiger partial charge in [-0.3, -0.25) is 5.10 Å². The summed E-state index contributed by atoms with van der Waals surface area (Å²) in [6, 6.07) is 11.5. The SMILES string of the molecule is CCNC(=NCc1nc(-c2ccco2)n[nH]1)NCCc1ccccc1Cl.I. The van der Waals surface area contributed by atoms with Gasteiger partial charge in [0.05, 0.1) is 6.26 Å². The molecule has 0 atom stereocenters. The second-order valence-corrected chi connectivity index (χ2v) is 5.95. The molecule has 0 radical (unpaired) electrons. The van der Waals surface area contributed by atoms with Gasteiger partial charge >= 0.3 is 0 Å². The lowest BCUT2D eigenvalue weighted by Crippen LogP contribution is -2.38. The molecule has 9 heteroatoms. The third-order valence-corrected chi connectivity index (χ3v) is 4.02. The van der Waals surface area contributed by atoms with Crippen LogP contribution >= 0.6 is 35.6 Å². The van der Waals surface area contributed by atoms with Crippen LogP contribution in [0, 0.1) is 0 Å². The van der Waals surface area contributed by atoms with Crippen molar-refractivity contribution in [1.82, 2.24) is 25.8 Å². The highest BCUT2D eigenvalue weighted by Crippen LogP contribution is 2.15. The molecule has 0 aliphatic heterocycles. The van der Waals surface area contributed by atoms with Crippen molar-refractivity contribution < 1.29 is 4.42 Å². The number of aliphatic imine (C=N–C) groups is 1. The minimum atomic E-state index is 0. The second-order valence-electron chi connectivity index (χ2n) is 5.55. The van der Waals surface area contributed by atoms with E-state index in [2.05, 4.69) is 30.8 Å². The van der Waals surface area contributed by atoms with Crippen molar-refractivity contribution >= 4 is 41.5 Å². The molecule has 0 amide bonds. The van der Waals surface area contributed by atoms with Gasteiger partial charge in [-0.2, -0.15) is 0 Å². The van der Waals surface area contributed by atoms with Crippen molar-refractivity contribution in [3.05, 3.63) is 59.1 Å². The van der Waals surface area contributed by atoms with E-state index in [1.54, 1.807) is 12.3 Å². The Balaban J connectivity index is 0.00000261. The zero-order chi connectivity index (χ0) is 18.2. The molecule has 2 heterocycles. The quantitative estimate of drug-likeness (QED) is 0.262. The standard InChI is InChI=1S/C18H21ClN6O.HI/c1-2-20-18(21-10-9-13-6-3-4-7-14(13)19)22-12-16-23-17(25-24-16)15-8-5-11-26-15;/h3-8,11H,2,9-10,12H2,1H3,(H2,20,21,22)(H,23,24,25);1H. The molecular formula is C18H22ClIN6O. The third kappa shape index (κ3) is 6.24. The number of aromatic nitrogens is 3. The molecule has 1 aromatic carbocycles. The fourth-order valence-corrected chi connectivity index (χ4v) is 2.62. The number of benzene rings is 1. The first-order chi connectivity index (χ1) is 12.8. The maximum atomic E-state index is 6.19. The van der Waals surface area contributed by atoms with Gasteiger partial charge in [0.25, 0.3) is 0 Å². The second kappa shape index (κ2) is 10.9. The Kier molecular flexibility index (Phi) is 8.59.